The first-order chi connectivity index (χ1) is 14.3. The van der Waals surface area contributed by atoms with E-state index >= 15 is 0 Å². The van der Waals surface area contributed by atoms with E-state index < -0.39 is 0 Å². The summed E-state index contributed by atoms with van der Waals surface area (Å²) in [6.45, 7) is 5.40. The van der Waals surface area contributed by atoms with Crippen molar-refractivity contribution in [1.29, 1.82) is 0 Å². The van der Waals surface area contributed by atoms with Crippen LogP contribution in [0.15, 0.2) is 60.9 Å². The number of hydrogen-bond acceptors (Lipinski definition) is 6. The molecule has 7 nitrogen and oxygen atoms in total. The zero-order chi connectivity index (χ0) is 19.6. The number of rotatable bonds is 4. The highest BCUT2D eigenvalue weighted by atomic mass is 16.5. The third-order valence-corrected chi connectivity index (χ3v) is 5.12. The molecule has 29 heavy (non-hydrogen) atoms. The summed E-state index contributed by atoms with van der Waals surface area (Å²) < 4.78 is 7.28. The fraction of sp³-hybridized carbons (Fsp3) is 0.227. The zero-order valence-electron chi connectivity index (χ0n) is 16.2. The lowest BCUT2D eigenvalue weighted by Gasteiger charge is -2.28. The molecule has 0 saturated carbocycles. The molecule has 1 fully saturated rings. The van der Waals surface area contributed by atoms with Gasteiger partial charge < -0.3 is 15.0 Å². The van der Waals surface area contributed by atoms with Gasteiger partial charge in [0, 0.05) is 41.6 Å². The number of nitrogens with zero attached hydrogens (tertiary/aromatic N) is 5. The van der Waals surface area contributed by atoms with E-state index in [4.69, 9.17) is 9.72 Å². The number of aromatic nitrogens is 4. The number of hydrogen-bond donors (Lipinski definition) is 1. The number of ether oxygens (including phenoxy) is 1. The molecule has 4 aromatic rings. The Labute approximate surface area is 169 Å². The van der Waals surface area contributed by atoms with Gasteiger partial charge in [-0.25, -0.2) is 9.67 Å². The molecule has 5 rings (SSSR count). The van der Waals surface area contributed by atoms with Crippen LogP contribution in [0.1, 0.15) is 5.56 Å². The Kier molecular flexibility index (Phi) is 4.57. The number of morpholine rings is 1. The second kappa shape index (κ2) is 7.52. The van der Waals surface area contributed by atoms with Crippen molar-refractivity contribution in [3.05, 3.63) is 66.5 Å². The first kappa shape index (κ1) is 17.6. The first-order valence-electron chi connectivity index (χ1n) is 9.74. The molecule has 146 valence electrons. The van der Waals surface area contributed by atoms with E-state index in [1.54, 1.807) is 0 Å². The number of fused-ring (bicyclic) bond motifs is 1. The van der Waals surface area contributed by atoms with Gasteiger partial charge in [0.1, 0.15) is 0 Å². The van der Waals surface area contributed by atoms with E-state index in [9.17, 15) is 0 Å². The van der Waals surface area contributed by atoms with Crippen molar-refractivity contribution in [1.82, 2.24) is 19.7 Å². The van der Waals surface area contributed by atoms with Crippen molar-refractivity contribution in [3.63, 3.8) is 0 Å². The van der Waals surface area contributed by atoms with E-state index in [-0.39, 0.29) is 0 Å². The zero-order valence-corrected chi connectivity index (χ0v) is 16.2. The highest BCUT2D eigenvalue weighted by Crippen LogP contribution is 2.23. The van der Waals surface area contributed by atoms with Gasteiger partial charge in [-0.2, -0.15) is 10.1 Å². The Hall–Kier alpha value is -3.45. The lowest BCUT2D eigenvalue weighted by atomic mass is 10.2. The maximum absolute atomic E-state index is 5.42. The van der Waals surface area contributed by atoms with Crippen molar-refractivity contribution in [2.24, 2.45) is 0 Å². The quantitative estimate of drug-likeness (QED) is 0.577. The molecule has 1 aliphatic rings. The maximum Gasteiger partial charge on any atom is 0.229 e. The third-order valence-electron chi connectivity index (χ3n) is 5.12. The van der Waals surface area contributed by atoms with Crippen LogP contribution in [0.2, 0.25) is 0 Å². The van der Waals surface area contributed by atoms with Crippen molar-refractivity contribution in [2.45, 2.75) is 6.92 Å². The molecule has 2 aromatic carbocycles. The monoisotopic (exact) mass is 386 g/mol. The fourth-order valence-corrected chi connectivity index (χ4v) is 3.55. The SMILES string of the molecule is Cc1cnc(Nc2ccc(N3CCOCC3)cc2)nc1-n1ncc2ccccc21. The molecule has 0 radical (unpaired) electrons. The van der Waals surface area contributed by atoms with Gasteiger partial charge in [-0.05, 0) is 37.3 Å². The Balaban J connectivity index is 1.40. The highest BCUT2D eigenvalue weighted by Gasteiger charge is 2.12. The van der Waals surface area contributed by atoms with E-state index in [0.717, 1.165) is 54.3 Å². The number of anilines is 3. The normalized spacial score (nSPS) is 14.3. The van der Waals surface area contributed by atoms with E-state index in [0.29, 0.717) is 5.95 Å². The van der Waals surface area contributed by atoms with Crippen LogP contribution in [0.4, 0.5) is 17.3 Å². The molecule has 3 heterocycles. The second-order valence-electron chi connectivity index (χ2n) is 7.09. The highest BCUT2D eigenvalue weighted by molar-refractivity contribution is 5.80. The molecule has 0 bridgehead atoms. The second-order valence-corrected chi connectivity index (χ2v) is 7.09. The van der Waals surface area contributed by atoms with Gasteiger partial charge >= 0.3 is 0 Å². The minimum Gasteiger partial charge on any atom is -0.378 e. The summed E-state index contributed by atoms with van der Waals surface area (Å²) in [5.74, 6) is 1.32. The molecule has 0 atom stereocenters. The number of aryl methyl sites for hydroxylation is 1. The predicted octanol–water partition coefficient (Wildman–Crippen LogP) is 3.70. The standard InChI is InChI=1S/C22H22N6O/c1-16-14-23-22(26-21(16)28-20-5-3-2-4-17(20)15-24-28)25-18-6-8-19(9-7-18)27-10-12-29-13-11-27/h2-9,14-15H,10-13H2,1H3,(H,23,25,26). The summed E-state index contributed by atoms with van der Waals surface area (Å²) in [7, 11) is 0. The van der Waals surface area contributed by atoms with Crippen molar-refractivity contribution in [3.8, 4) is 5.82 Å². The Morgan fingerprint density at radius 3 is 2.59 bits per heavy atom. The lowest BCUT2D eigenvalue weighted by molar-refractivity contribution is 0.122. The Morgan fingerprint density at radius 1 is 0.966 bits per heavy atom. The maximum atomic E-state index is 5.42. The molecule has 0 spiro atoms. The van der Waals surface area contributed by atoms with Gasteiger partial charge in [0.25, 0.3) is 0 Å². The van der Waals surface area contributed by atoms with Gasteiger partial charge in [0.2, 0.25) is 5.95 Å². The summed E-state index contributed by atoms with van der Waals surface area (Å²) in [6, 6.07) is 16.4. The van der Waals surface area contributed by atoms with Gasteiger partial charge in [0.05, 0.1) is 24.9 Å². The van der Waals surface area contributed by atoms with Crippen molar-refractivity contribution < 1.29 is 4.74 Å². The average Bonchev–Trinajstić information content (AvgIpc) is 3.20. The predicted molar refractivity (Wildman–Crippen MR) is 114 cm³/mol. The molecule has 0 amide bonds. The molecule has 0 aliphatic carbocycles. The van der Waals surface area contributed by atoms with E-state index in [1.165, 1.54) is 5.69 Å². The molecule has 2 aromatic heterocycles. The van der Waals surface area contributed by atoms with Crippen LogP contribution in [0.25, 0.3) is 16.7 Å². The summed E-state index contributed by atoms with van der Waals surface area (Å²) >= 11 is 0. The largest absolute Gasteiger partial charge is 0.378 e. The third kappa shape index (κ3) is 3.52. The van der Waals surface area contributed by atoms with Crippen molar-refractivity contribution >= 4 is 28.2 Å². The fourth-order valence-electron chi connectivity index (χ4n) is 3.55. The van der Waals surface area contributed by atoms with Gasteiger partial charge in [-0.3, -0.25) is 0 Å². The Bertz CT molecular complexity index is 1130. The van der Waals surface area contributed by atoms with Crippen LogP contribution in [0.5, 0.6) is 0 Å². The first-order valence-corrected chi connectivity index (χ1v) is 9.74. The van der Waals surface area contributed by atoms with Gasteiger partial charge in [-0.15, -0.1) is 0 Å². The van der Waals surface area contributed by atoms with E-state index in [2.05, 4.69) is 44.6 Å². The van der Waals surface area contributed by atoms with Gasteiger partial charge in [-0.1, -0.05) is 18.2 Å². The minimum absolute atomic E-state index is 0.546. The van der Waals surface area contributed by atoms with Crippen LogP contribution in [0.3, 0.4) is 0 Å². The minimum atomic E-state index is 0.546. The molecule has 1 aliphatic heterocycles. The topological polar surface area (TPSA) is 68.1 Å². The molecule has 1 N–H and O–H groups in total. The van der Waals surface area contributed by atoms with E-state index in [1.807, 2.05) is 48.3 Å². The summed E-state index contributed by atoms with van der Waals surface area (Å²) in [5, 5.41) is 8.91. The lowest BCUT2D eigenvalue weighted by Crippen LogP contribution is -2.36. The smallest absolute Gasteiger partial charge is 0.229 e. The van der Waals surface area contributed by atoms with Crippen LogP contribution in [-0.4, -0.2) is 46.1 Å². The summed E-state index contributed by atoms with van der Waals surface area (Å²) in [5.41, 5.74) is 4.14. The van der Waals surface area contributed by atoms with Crippen LogP contribution in [0, 0.1) is 6.92 Å². The average molecular weight is 386 g/mol. The van der Waals surface area contributed by atoms with Crippen LogP contribution < -0.4 is 10.2 Å². The molecular weight excluding hydrogens is 364 g/mol. The number of nitrogens with one attached hydrogen (secondary N) is 1. The number of para-hydroxylation sites is 1. The van der Waals surface area contributed by atoms with Crippen LogP contribution >= 0.6 is 0 Å². The molecule has 1 saturated heterocycles. The molecule has 7 heteroatoms. The van der Waals surface area contributed by atoms with Crippen molar-refractivity contribution in [2.75, 3.05) is 36.5 Å². The summed E-state index contributed by atoms with van der Waals surface area (Å²) in [6.07, 6.45) is 3.68. The number of benzene rings is 2. The molecular formula is C22H22N6O. The van der Waals surface area contributed by atoms with Gasteiger partial charge in [0.15, 0.2) is 5.82 Å². The Morgan fingerprint density at radius 2 is 1.76 bits per heavy atom. The summed E-state index contributed by atoms with van der Waals surface area (Å²) in [4.78, 5) is 11.5. The van der Waals surface area contributed by atoms with Crippen LogP contribution in [-0.2, 0) is 4.74 Å². The molecule has 0 unspecified atom stereocenters.